The van der Waals surface area contributed by atoms with Gasteiger partial charge in [0.1, 0.15) is 20.4 Å². The van der Waals surface area contributed by atoms with Gasteiger partial charge in [-0.05, 0) is 59.7 Å². The maximum atomic E-state index is 12.2. The molecule has 0 aromatic heterocycles. The second-order valence-corrected chi connectivity index (χ2v) is 14.4. The Kier molecular flexibility index (Phi) is 9.68. The van der Waals surface area contributed by atoms with Gasteiger partial charge in [0.25, 0.3) is 36.0 Å². The Morgan fingerprint density at radius 3 is 1.70 bits per heavy atom. The minimum absolute atomic E-state index is 0.0220. The largest absolute Gasteiger partial charge is 0.397 e. The molecule has 0 saturated heterocycles. The number of rotatable bonds is 10. The number of fused-ring (bicyclic) bond motifs is 1. The molecule has 256 valence electrons. The second kappa shape index (κ2) is 13.6. The second-order valence-electron chi connectivity index (χ2n) is 10.2. The molecule has 0 atom stereocenters. The fourth-order valence-electron chi connectivity index (χ4n) is 4.62. The van der Waals surface area contributed by atoms with Gasteiger partial charge in [0.15, 0.2) is 0 Å². The highest BCUT2D eigenvalue weighted by Crippen LogP contribution is 2.34. The fraction of sp³-hybridized carbons (Fsp3) is 0. The molecule has 0 aliphatic carbocycles. The highest BCUT2D eigenvalue weighted by Gasteiger charge is 2.20. The van der Waals surface area contributed by atoms with Gasteiger partial charge in [-0.3, -0.25) is 23.8 Å². The van der Waals surface area contributed by atoms with Crippen molar-refractivity contribution in [2.75, 3.05) is 5.73 Å². The van der Waals surface area contributed by atoms with Gasteiger partial charge in [-0.25, -0.2) is 0 Å². The first-order valence-corrected chi connectivity index (χ1v) is 18.0. The van der Waals surface area contributed by atoms with E-state index >= 15 is 0 Å². The number of nitro groups is 1. The van der Waals surface area contributed by atoms with Crippen LogP contribution in [-0.2, 0) is 30.4 Å². The molecule has 0 saturated carbocycles. The van der Waals surface area contributed by atoms with Gasteiger partial charge in [-0.15, -0.1) is 10.2 Å². The van der Waals surface area contributed by atoms with Crippen molar-refractivity contribution < 1.29 is 43.8 Å². The number of non-ortho nitro benzene ring substituents is 1. The molecule has 0 bridgehead atoms. The van der Waals surface area contributed by atoms with Crippen LogP contribution in [0.3, 0.4) is 0 Å². The van der Waals surface area contributed by atoms with E-state index in [0.717, 1.165) is 30.4 Å². The van der Waals surface area contributed by atoms with Crippen molar-refractivity contribution in [1.82, 2.24) is 0 Å². The number of anilines is 1. The third kappa shape index (κ3) is 8.08. The van der Waals surface area contributed by atoms with E-state index in [1.165, 1.54) is 48.5 Å². The van der Waals surface area contributed by atoms with Crippen LogP contribution in [0.5, 0.6) is 0 Å². The number of azo groups is 2. The minimum atomic E-state index is -4.91. The lowest BCUT2D eigenvalue weighted by Gasteiger charge is -2.06. The summed E-state index contributed by atoms with van der Waals surface area (Å²) in [5, 5.41) is 28.0. The number of benzene rings is 5. The number of hydrogen-bond donors (Lipinski definition) is 4. The predicted octanol–water partition coefficient (Wildman–Crippen LogP) is 7.07. The third-order valence-electron chi connectivity index (χ3n) is 6.90. The molecule has 0 unspecified atom stereocenters. The minimum Gasteiger partial charge on any atom is -0.397 e. The van der Waals surface area contributed by atoms with E-state index in [0.29, 0.717) is 17.1 Å². The maximum Gasteiger partial charge on any atom is 0.295 e. The summed E-state index contributed by atoms with van der Waals surface area (Å²) in [6.07, 6.45) is 2.19. The van der Waals surface area contributed by atoms with E-state index in [9.17, 15) is 49.0 Å². The van der Waals surface area contributed by atoms with Gasteiger partial charge >= 0.3 is 0 Å². The van der Waals surface area contributed by atoms with E-state index in [1.807, 2.05) is 0 Å². The maximum absolute atomic E-state index is 12.2. The van der Waals surface area contributed by atoms with Crippen molar-refractivity contribution in [3.63, 3.8) is 0 Å². The van der Waals surface area contributed by atoms with Crippen LogP contribution in [0.25, 0.3) is 22.9 Å². The molecular formula is C30H22N6O11S3. The predicted molar refractivity (Wildman–Crippen MR) is 181 cm³/mol. The molecule has 5 rings (SSSR count). The summed E-state index contributed by atoms with van der Waals surface area (Å²) in [7, 11) is -14.3. The Hall–Kier alpha value is -5.77. The standard InChI is InChI=1S/C30H22N6O11S3/c31-25-15-20(12-14-27(25)35-34-26-5-1-4-24-23(26)3-2-6-28(24)48(39,40)41)32-33-21-11-9-18(29(16-21)49(42,43)44)7-8-19-10-13-22(36(37)38)17-30(19)50(45,46)47/h1-17H,31H2,(H,39,40,41)(H,42,43,44)(H,45,46,47)/b8-7+,33-32?,35-34?. The molecule has 5 N–H and O–H groups in total. The van der Waals surface area contributed by atoms with Crippen molar-refractivity contribution in [2.24, 2.45) is 20.5 Å². The summed E-state index contributed by atoms with van der Waals surface area (Å²) >= 11 is 0. The highest BCUT2D eigenvalue weighted by molar-refractivity contribution is 7.86. The molecule has 0 spiro atoms. The Morgan fingerprint density at radius 1 is 0.580 bits per heavy atom. The van der Waals surface area contributed by atoms with E-state index in [2.05, 4.69) is 20.5 Å². The summed E-state index contributed by atoms with van der Waals surface area (Å²) in [5.74, 6) is 0. The first-order chi connectivity index (χ1) is 23.4. The topological polar surface area (TPSA) is 282 Å². The van der Waals surface area contributed by atoms with Crippen molar-refractivity contribution in [1.29, 1.82) is 0 Å². The zero-order chi connectivity index (χ0) is 36.4. The number of nitrogens with two attached hydrogens (primary N) is 1. The normalized spacial score (nSPS) is 12.8. The van der Waals surface area contributed by atoms with Crippen LogP contribution in [0.15, 0.2) is 126 Å². The molecule has 0 aliphatic rings. The summed E-state index contributed by atoms with van der Waals surface area (Å²) in [5.41, 5.74) is 6.04. The molecule has 0 amide bonds. The number of nitrogen functional groups attached to an aromatic ring is 1. The molecule has 17 nitrogen and oxygen atoms in total. The van der Waals surface area contributed by atoms with E-state index < -0.39 is 50.8 Å². The summed E-state index contributed by atoms with van der Waals surface area (Å²) < 4.78 is 100. The lowest BCUT2D eigenvalue weighted by Crippen LogP contribution is -2.02. The van der Waals surface area contributed by atoms with Crippen LogP contribution >= 0.6 is 0 Å². The van der Waals surface area contributed by atoms with Crippen molar-refractivity contribution >= 4 is 87.4 Å². The van der Waals surface area contributed by atoms with E-state index in [1.54, 1.807) is 18.2 Å². The molecule has 5 aromatic carbocycles. The molecule has 0 aliphatic heterocycles. The van der Waals surface area contributed by atoms with Gasteiger partial charge in [-0.2, -0.15) is 35.5 Å². The molecule has 50 heavy (non-hydrogen) atoms. The fourth-order valence-corrected chi connectivity index (χ4v) is 6.73. The van der Waals surface area contributed by atoms with Crippen LogP contribution in [0.1, 0.15) is 11.1 Å². The highest BCUT2D eigenvalue weighted by atomic mass is 32.2. The SMILES string of the molecule is Nc1cc(N=Nc2ccc(/C=C/c3ccc([N+](=O)[O-])cc3S(=O)(=O)O)c(S(=O)(=O)O)c2)ccc1N=Nc1cccc2c(S(=O)(=O)O)cccc12. The van der Waals surface area contributed by atoms with Crippen LogP contribution in [0, 0.1) is 10.1 Å². The molecule has 0 radical (unpaired) electrons. The van der Waals surface area contributed by atoms with Crippen molar-refractivity contribution in [3.05, 3.63) is 112 Å². The smallest absolute Gasteiger partial charge is 0.295 e. The lowest BCUT2D eigenvalue weighted by atomic mass is 10.1. The van der Waals surface area contributed by atoms with E-state index in [-0.39, 0.29) is 44.2 Å². The molecule has 0 heterocycles. The average Bonchev–Trinajstić information content (AvgIpc) is 3.04. The first kappa shape index (κ1) is 35.5. The van der Waals surface area contributed by atoms with Crippen LogP contribution in [0.2, 0.25) is 0 Å². The Morgan fingerprint density at radius 2 is 1.10 bits per heavy atom. The van der Waals surface area contributed by atoms with Crippen LogP contribution in [0.4, 0.5) is 34.1 Å². The average molecular weight is 739 g/mol. The summed E-state index contributed by atoms with van der Waals surface area (Å²) in [4.78, 5) is 8.47. The zero-order valence-electron chi connectivity index (χ0n) is 25.0. The van der Waals surface area contributed by atoms with Gasteiger partial charge in [0.2, 0.25) is 0 Å². The number of nitro benzene ring substituents is 1. The number of hydrogen-bond acceptors (Lipinski definition) is 13. The third-order valence-corrected chi connectivity index (χ3v) is 9.63. The lowest BCUT2D eigenvalue weighted by molar-refractivity contribution is -0.385. The zero-order valence-corrected chi connectivity index (χ0v) is 27.4. The Balaban J connectivity index is 1.40. The number of nitrogens with zero attached hydrogens (tertiary/aromatic N) is 5. The summed E-state index contributed by atoms with van der Waals surface area (Å²) in [6, 6.07) is 19.5. The monoisotopic (exact) mass is 738 g/mol. The quantitative estimate of drug-likeness (QED) is 0.0279. The Bertz CT molecular complexity index is 2630. The first-order valence-electron chi connectivity index (χ1n) is 13.7. The molecule has 5 aromatic rings. The molecular weight excluding hydrogens is 717 g/mol. The van der Waals surface area contributed by atoms with Gasteiger partial charge < -0.3 is 5.73 Å². The molecule has 0 fully saturated rings. The van der Waals surface area contributed by atoms with Gasteiger partial charge in [0.05, 0.1) is 27.7 Å². The Labute approximate surface area is 283 Å². The van der Waals surface area contributed by atoms with Gasteiger partial charge in [-0.1, -0.05) is 42.5 Å². The van der Waals surface area contributed by atoms with Gasteiger partial charge in [0, 0.05) is 22.9 Å². The van der Waals surface area contributed by atoms with Crippen LogP contribution < -0.4 is 5.73 Å². The summed E-state index contributed by atoms with van der Waals surface area (Å²) in [6.45, 7) is 0. The van der Waals surface area contributed by atoms with Crippen LogP contribution in [-0.4, -0.2) is 43.8 Å². The van der Waals surface area contributed by atoms with Crippen molar-refractivity contribution in [2.45, 2.75) is 14.7 Å². The van der Waals surface area contributed by atoms with E-state index in [4.69, 9.17) is 5.73 Å². The molecule has 20 heteroatoms. The van der Waals surface area contributed by atoms with Crippen molar-refractivity contribution in [3.8, 4) is 0 Å².